The Morgan fingerprint density at radius 3 is 2.27 bits per heavy atom. The fourth-order valence-corrected chi connectivity index (χ4v) is 3.92. The van der Waals surface area contributed by atoms with Gasteiger partial charge in [0.05, 0.1) is 7.11 Å². The molecule has 2 rings (SSSR count). The Morgan fingerprint density at radius 2 is 1.76 bits per heavy atom. The molecular weight excluding hydrogens is 430 g/mol. The monoisotopic (exact) mass is 461 g/mol. The summed E-state index contributed by atoms with van der Waals surface area (Å²) in [5, 5.41) is 0. The van der Waals surface area contributed by atoms with Crippen LogP contribution in [0.3, 0.4) is 0 Å². The Morgan fingerprint density at radius 1 is 1.12 bits per heavy atom. The van der Waals surface area contributed by atoms with E-state index in [2.05, 4.69) is 13.2 Å². The van der Waals surface area contributed by atoms with Crippen molar-refractivity contribution in [3.63, 3.8) is 0 Å². The number of ether oxygens (including phenoxy) is 5. The molecule has 1 heterocycles. The largest absolute Gasteiger partial charge is 0.466 e. The van der Waals surface area contributed by atoms with Gasteiger partial charge in [0.15, 0.2) is 5.54 Å². The number of nitrogens with zero attached hydrogens (tertiary/aromatic N) is 1. The van der Waals surface area contributed by atoms with Crippen molar-refractivity contribution in [3.8, 4) is 0 Å². The lowest BCUT2D eigenvalue weighted by Crippen LogP contribution is -2.79. The minimum Gasteiger partial charge on any atom is -0.466 e. The number of carbonyl (C=O) groups is 3. The van der Waals surface area contributed by atoms with Gasteiger partial charge in [-0.25, -0.2) is 14.4 Å². The average molecular weight is 462 g/mol. The highest BCUT2D eigenvalue weighted by Crippen LogP contribution is 2.47. The second-order valence-electron chi connectivity index (χ2n) is 7.90. The molecule has 0 aromatic heterocycles. The zero-order valence-corrected chi connectivity index (χ0v) is 19.7. The van der Waals surface area contributed by atoms with Crippen molar-refractivity contribution >= 4 is 18.0 Å². The minimum absolute atomic E-state index is 0.0448. The maximum absolute atomic E-state index is 13.6. The lowest BCUT2D eigenvalue weighted by atomic mass is 9.80. The van der Waals surface area contributed by atoms with Gasteiger partial charge in [-0.05, 0) is 18.9 Å². The van der Waals surface area contributed by atoms with E-state index in [1.807, 2.05) is 18.2 Å². The summed E-state index contributed by atoms with van der Waals surface area (Å²) in [6.07, 6.45) is 0.183. The first-order valence-electron chi connectivity index (χ1n) is 10.3. The van der Waals surface area contributed by atoms with E-state index in [0.717, 1.165) is 10.5 Å². The SMILES string of the molecule is C=CC[C@@]1(CC(=C)C(=O)OC)C(=O)O[C@](C)(OC)[C@@](C)(OC)N1C(=O)OCc1ccccc1. The van der Waals surface area contributed by atoms with E-state index in [9.17, 15) is 14.4 Å². The molecule has 0 spiro atoms. The predicted octanol–water partition coefficient (Wildman–Crippen LogP) is 3.34. The number of cyclic esters (lactones) is 1. The summed E-state index contributed by atoms with van der Waals surface area (Å²) in [4.78, 5) is 40.3. The van der Waals surface area contributed by atoms with Crippen molar-refractivity contribution in [1.29, 1.82) is 0 Å². The van der Waals surface area contributed by atoms with Gasteiger partial charge in [-0.1, -0.05) is 43.0 Å². The van der Waals surface area contributed by atoms with Crippen LogP contribution in [0.1, 0.15) is 32.3 Å². The summed E-state index contributed by atoms with van der Waals surface area (Å²) in [7, 11) is 3.87. The molecule has 1 aromatic rings. The Labute approximate surface area is 193 Å². The van der Waals surface area contributed by atoms with Gasteiger partial charge in [0.2, 0.25) is 5.72 Å². The third-order valence-corrected chi connectivity index (χ3v) is 6.00. The fourth-order valence-electron chi connectivity index (χ4n) is 3.92. The molecule has 1 aromatic carbocycles. The molecule has 1 aliphatic heterocycles. The quantitative estimate of drug-likeness (QED) is 0.239. The zero-order chi connectivity index (χ0) is 24.9. The number of esters is 2. The van der Waals surface area contributed by atoms with Crippen LogP contribution in [0.15, 0.2) is 55.1 Å². The van der Waals surface area contributed by atoms with Crippen LogP contribution >= 0.6 is 0 Å². The molecule has 0 radical (unpaired) electrons. The molecule has 1 amide bonds. The zero-order valence-electron chi connectivity index (χ0n) is 19.7. The predicted molar refractivity (Wildman–Crippen MR) is 119 cm³/mol. The molecule has 0 N–H and O–H groups in total. The van der Waals surface area contributed by atoms with Crippen LogP contribution in [0.5, 0.6) is 0 Å². The van der Waals surface area contributed by atoms with Gasteiger partial charge in [-0.3, -0.25) is 4.90 Å². The standard InChI is InChI=1S/C24H31NO8/c1-8-14-24(15-17(2)19(26)29-5)20(27)33-23(4,31-7)22(3,30-6)25(24)21(28)32-16-18-12-10-9-11-13-18/h8-13H,1-2,14-16H2,3-7H3/t22-,23+,24-/m1/s1. The van der Waals surface area contributed by atoms with Crippen molar-refractivity contribution in [2.75, 3.05) is 21.3 Å². The molecule has 9 nitrogen and oxygen atoms in total. The minimum atomic E-state index is -1.76. The van der Waals surface area contributed by atoms with Crippen LogP contribution in [-0.2, 0) is 39.9 Å². The van der Waals surface area contributed by atoms with Crippen LogP contribution in [0.25, 0.3) is 0 Å². The van der Waals surface area contributed by atoms with Crippen LogP contribution in [0, 0.1) is 0 Å². The molecule has 33 heavy (non-hydrogen) atoms. The second-order valence-corrected chi connectivity index (χ2v) is 7.90. The van der Waals surface area contributed by atoms with Crippen molar-refractivity contribution < 1.29 is 38.1 Å². The van der Waals surface area contributed by atoms with Gasteiger partial charge in [0.1, 0.15) is 6.61 Å². The number of methoxy groups -OCH3 is 3. The summed E-state index contributed by atoms with van der Waals surface area (Å²) >= 11 is 0. The molecule has 1 fully saturated rings. The van der Waals surface area contributed by atoms with Crippen LogP contribution in [-0.4, -0.2) is 61.3 Å². The molecule has 0 saturated carbocycles. The van der Waals surface area contributed by atoms with Gasteiger partial charge < -0.3 is 23.7 Å². The van der Waals surface area contributed by atoms with Gasteiger partial charge in [-0.15, -0.1) is 6.58 Å². The van der Waals surface area contributed by atoms with Gasteiger partial charge >= 0.3 is 18.0 Å². The Balaban J connectivity index is 2.62. The highest BCUT2D eigenvalue weighted by Gasteiger charge is 2.69. The number of rotatable bonds is 9. The summed E-state index contributed by atoms with van der Waals surface area (Å²) in [5.41, 5.74) is -2.71. The van der Waals surface area contributed by atoms with Crippen LogP contribution in [0.4, 0.5) is 4.79 Å². The molecule has 180 valence electrons. The smallest absolute Gasteiger partial charge is 0.413 e. The summed E-state index contributed by atoms with van der Waals surface area (Å²) in [6.45, 7) is 10.4. The Hall–Kier alpha value is -3.17. The normalized spacial score (nSPS) is 26.8. The third-order valence-electron chi connectivity index (χ3n) is 6.00. The van der Waals surface area contributed by atoms with E-state index in [-0.39, 0.29) is 25.0 Å². The molecule has 0 bridgehead atoms. The molecular formula is C24H31NO8. The van der Waals surface area contributed by atoms with Gasteiger partial charge in [-0.2, -0.15) is 0 Å². The summed E-state index contributed by atoms with van der Waals surface area (Å²) in [6, 6.07) is 9.05. The maximum atomic E-state index is 13.6. The number of amides is 1. The van der Waals surface area contributed by atoms with E-state index in [1.54, 1.807) is 12.1 Å². The van der Waals surface area contributed by atoms with E-state index >= 15 is 0 Å². The first kappa shape index (κ1) is 26.1. The Bertz CT molecular complexity index is 916. The lowest BCUT2D eigenvalue weighted by Gasteiger charge is -2.58. The second kappa shape index (κ2) is 10.2. The third kappa shape index (κ3) is 4.65. The van der Waals surface area contributed by atoms with Gasteiger partial charge in [0.25, 0.3) is 5.79 Å². The molecule has 0 unspecified atom stereocenters. The van der Waals surface area contributed by atoms with Gasteiger partial charge in [0, 0.05) is 33.1 Å². The number of benzene rings is 1. The van der Waals surface area contributed by atoms with Crippen LogP contribution in [0.2, 0.25) is 0 Å². The summed E-state index contributed by atoms with van der Waals surface area (Å²) in [5.74, 6) is -3.26. The Kier molecular flexibility index (Phi) is 8.05. The maximum Gasteiger partial charge on any atom is 0.413 e. The highest BCUT2D eigenvalue weighted by atomic mass is 16.7. The number of hydrogen-bond acceptors (Lipinski definition) is 8. The van der Waals surface area contributed by atoms with Crippen molar-refractivity contribution in [3.05, 3.63) is 60.7 Å². The summed E-state index contributed by atoms with van der Waals surface area (Å²) < 4.78 is 27.2. The van der Waals surface area contributed by atoms with Crippen molar-refractivity contribution in [1.82, 2.24) is 4.90 Å². The number of hydrogen-bond donors (Lipinski definition) is 0. The fraction of sp³-hybridized carbons (Fsp3) is 0.458. The van der Waals surface area contributed by atoms with E-state index in [1.165, 1.54) is 41.3 Å². The number of carbonyl (C=O) groups excluding carboxylic acids is 3. The van der Waals surface area contributed by atoms with E-state index in [0.29, 0.717) is 0 Å². The van der Waals surface area contributed by atoms with E-state index in [4.69, 9.17) is 23.7 Å². The first-order valence-corrected chi connectivity index (χ1v) is 10.3. The molecule has 9 heteroatoms. The van der Waals surface area contributed by atoms with Crippen molar-refractivity contribution in [2.45, 2.75) is 50.3 Å². The lowest BCUT2D eigenvalue weighted by molar-refractivity contribution is -0.361. The average Bonchev–Trinajstić information content (AvgIpc) is 2.81. The first-order chi connectivity index (χ1) is 15.5. The topological polar surface area (TPSA) is 101 Å². The molecule has 1 aliphatic rings. The van der Waals surface area contributed by atoms with Crippen molar-refractivity contribution in [2.24, 2.45) is 0 Å². The molecule has 1 saturated heterocycles. The molecule has 0 aliphatic carbocycles. The molecule has 3 atom stereocenters. The van der Waals surface area contributed by atoms with E-state index < -0.39 is 35.1 Å². The number of morpholine rings is 1. The van der Waals surface area contributed by atoms with Crippen LogP contribution < -0.4 is 0 Å². The highest BCUT2D eigenvalue weighted by molar-refractivity contribution is 5.93.